The molecule has 0 atom stereocenters. The van der Waals surface area contributed by atoms with Gasteiger partial charge in [-0.1, -0.05) is 49.7 Å². The molecule has 0 saturated heterocycles. The molecule has 1 N–H and O–H groups in total. The van der Waals surface area contributed by atoms with Crippen molar-refractivity contribution in [2.75, 3.05) is 0 Å². The molecular formula is C19H17ClFNO. The molecule has 118 valence electrons. The summed E-state index contributed by atoms with van der Waals surface area (Å²) in [6.45, 7) is 4.23. The van der Waals surface area contributed by atoms with E-state index in [2.05, 4.69) is 18.8 Å². The maximum Gasteiger partial charge on any atom is 0.139 e. The molecule has 4 heteroatoms. The summed E-state index contributed by atoms with van der Waals surface area (Å²) < 4.78 is 14.8. The number of rotatable bonds is 3. The fourth-order valence-electron chi connectivity index (χ4n) is 2.79. The Morgan fingerprint density at radius 2 is 1.83 bits per heavy atom. The SMILES string of the molecule is CC(C)Cc1ccc(-c2ccc3c(Cl)nccc3c2F)c(O)c1. The molecule has 0 spiro atoms. The van der Waals surface area contributed by atoms with Crippen molar-refractivity contribution in [1.29, 1.82) is 0 Å². The van der Waals surface area contributed by atoms with Gasteiger partial charge in [-0.05, 0) is 30.0 Å². The monoisotopic (exact) mass is 329 g/mol. The highest BCUT2D eigenvalue weighted by molar-refractivity contribution is 6.34. The lowest BCUT2D eigenvalue weighted by Crippen LogP contribution is -1.95. The molecule has 1 aromatic heterocycles. The first-order valence-corrected chi connectivity index (χ1v) is 7.90. The van der Waals surface area contributed by atoms with Gasteiger partial charge in [-0.15, -0.1) is 0 Å². The first-order chi connectivity index (χ1) is 11.0. The van der Waals surface area contributed by atoms with E-state index in [0.717, 1.165) is 12.0 Å². The van der Waals surface area contributed by atoms with Crippen molar-refractivity contribution in [1.82, 2.24) is 4.98 Å². The van der Waals surface area contributed by atoms with Crippen molar-refractivity contribution in [3.8, 4) is 16.9 Å². The van der Waals surface area contributed by atoms with Gasteiger partial charge in [-0.25, -0.2) is 9.37 Å². The normalized spacial score (nSPS) is 11.3. The molecule has 0 radical (unpaired) electrons. The van der Waals surface area contributed by atoms with Gasteiger partial charge in [0.2, 0.25) is 0 Å². The van der Waals surface area contributed by atoms with Gasteiger partial charge in [0.25, 0.3) is 0 Å². The minimum absolute atomic E-state index is 0.0848. The van der Waals surface area contributed by atoms with Gasteiger partial charge in [0, 0.05) is 28.1 Å². The van der Waals surface area contributed by atoms with Crippen LogP contribution in [-0.2, 0) is 6.42 Å². The highest BCUT2D eigenvalue weighted by Crippen LogP contribution is 2.36. The van der Waals surface area contributed by atoms with Crippen LogP contribution >= 0.6 is 11.6 Å². The molecule has 2 nitrogen and oxygen atoms in total. The molecule has 23 heavy (non-hydrogen) atoms. The van der Waals surface area contributed by atoms with E-state index in [1.807, 2.05) is 6.07 Å². The number of fused-ring (bicyclic) bond motifs is 1. The third-order valence-corrected chi connectivity index (χ3v) is 4.13. The van der Waals surface area contributed by atoms with Gasteiger partial charge < -0.3 is 5.11 Å². The molecule has 0 amide bonds. The van der Waals surface area contributed by atoms with Crippen LogP contribution in [0, 0.1) is 11.7 Å². The first kappa shape index (κ1) is 15.8. The third-order valence-electron chi connectivity index (χ3n) is 3.83. The standard InChI is InChI=1S/C19H17ClFNO/c1-11(2)9-12-3-4-13(17(23)10-12)14-5-6-16-15(18(14)21)7-8-22-19(16)20/h3-8,10-11,23H,9H2,1-2H3. The number of phenolic OH excluding ortho intramolecular Hbond substituents is 1. The molecule has 3 aromatic rings. The zero-order valence-corrected chi connectivity index (χ0v) is 13.7. The van der Waals surface area contributed by atoms with Crippen LogP contribution in [0.4, 0.5) is 4.39 Å². The lowest BCUT2D eigenvalue weighted by Gasteiger charge is -2.11. The van der Waals surface area contributed by atoms with Crippen LogP contribution in [0.15, 0.2) is 42.6 Å². The molecular weight excluding hydrogens is 313 g/mol. The van der Waals surface area contributed by atoms with Crippen molar-refractivity contribution in [3.05, 3.63) is 59.1 Å². The summed E-state index contributed by atoms with van der Waals surface area (Å²) in [4.78, 5) is 3.96. The van der Waals surface area contributed by atoms with Crippen molar-refractivity contribution >= 4 is 22.4 Å². The van der Waals surface area contributed by atoms with E-state index in [1.54, 1.807) is 30.3 Å². The highest BCUT2D eigenvalue weighted by Gasteiger charge is 2.14. The Kier molecular flexibility index (Phi) is 4.22. The number of aromatic hydroxyl groups is 1. The zero-order valence-electron chi connectivity index (χ0n) is 13.0. The number of phenols is 1. The van der Waals surface area contributed by atoms with Gasteiger partial charge in [0.05, 0.1) is 0 Å². The Balaban J connectivity index is 2.12. The Morgan fingerprint density at radius 3 is 2.52 bits per heavy atom. The average Bonchev–Trinajstić information content (AvgIpc) is 2.49. The zero-order chi connectivity index (χ0) is 16.6. The third kappa shape index (κ3) is 3.02. The van der Waals surface area contributed by atoms with E-state index in [9.17, 15) is 9.50 Å². The Hall–Kier alpha value is -2.13. The predicted molar refractivity (Wildman–Crippen MR) is 92.4 cm³/mol. The maximum atomic E-state index is 14.8. The molecule has 0 unspecified atom stereocenters. The first-order valence-electron chi connectivity index (χ1n) is 7.52. The average molecular weight is 330 g/mol. The van der Waals surface area contributed by atoms with Crippen molar-refractivity contribution in [3.63, 3.8) is 0 Å². The topological polar surface area (TPSA) is 33.1 Å². The number of halogens is 2. The number of aromatic nitrogens is 1. The van der Waals surface area contributed by atoms with E-state index in [4.69, 9.17) is 11.6 Å². The van der Waals surface area contributed by atoms with Crippen molar-refractivity contribution in [2.45, 2.75) is 20.3 Å². The smallest absolute Gasteiger partial charge is 0.139 e. The van der Waals surface area contributed by atoms with Crippen LogP contribution in [-0.4, -0.2) is 10.1 Å². The summed E-state index contributed by atoms with van der Waals surface area (Å²) in [5.74, 6) is 0.174. The van der Waals surface area contributed by atoms with Gasteiger partial charge in [0.1, 0.15) is 16.7 Å². The largest absolute Gasteiger partial charge is 0.507 e. The van der Waals surface area contributed by atoms with Gasteiger partial charge in [-0.2, -0.15) is 0 Å². The number of pyridine rings is 1. The van der Waals surface area contributed by atoms with Crippen molar-refractivity contribution in [2.24, 2.45) is 5.92 Å². The molecule has 0 fully saturated rings. The van der Waals surface area contributed by atoms with E-state index in [1.165, 1.54) is 6.20 Å². The Labute approximate surface area is 139 Å². The molecule has 2 aromatic carbocycles. The van der Waals surface area contributed by atoms with Crippen LogP contribution in [0.1, 0.15) is 19.4 Å². The fourth-order valence-corrected chi connectivity index (χ4v) is 3.02. The van der Waals surface area contributed by atoms with Crippen LogP contribution in [0.2, 0.25) is 5.15 Å². The van der Waals surface area contributed by atoms with E-state index < -0.39 is 5.82 Å². The van der Waals surface area contributed by atoms with E-state index in [-0.39, 0.29) is 10.9 Å². The minimum atomic E-state index is -0.404. The van der Waals surface area contributed by atoms with E-state index >= 15 is 0 Å². The summed E-state index contributed by atoms with van der Waals surface area (Å²) in [6.07, 6.45) is 2.35. The van der Waals surface area contributed by atoms with Crippen LogP contribution < -0.4 is 0 Å². The van der Waals surface area contributed by atoms with Crippen molar-refractivity contribution < 1.29 is 9.50 Å². The van der Waals surface area contributed by atoms with Gasteiger partial charge >= 0.3 is 0 Å². The molecule has 3 rings (SSSR count). The van der Waals surface area contributed by atoms with Gasteiger partial charge in [-0.3, -0.25) is 0 Å². The molecule has 0 bridgehead atoms. The lowest BCUT2D eigenvalue weighted by atomic mass is 9.96. The Bertz CT molecular complexity index is 877. The fraction of sp³-hybridized carbons (Fsp3) is 0.211. The molecule has 0 aliphatic rings. The molecule has 0 saturated carbocycles. The summed E-state index contributed by atoms with van der Waals surface area (Å²) in [6, 6.07) is 10.3. The summed E-state index contributed by atoms with van der Waals surface area (Å²) >= 11 is 6.00. The summed E-state index contributed by atoms with van der Waals surface area (Å²) in [7, 11) is 0. The second-order valence-electron chi connectivity index (χ2n) is 6.07. The highest BCUT2D eigenvalue weighted by atomic mass is 35.5. The number of hydrogen-bond acceptors (Lipinski definition) is 2. The maximum absolute atomic E-state index is 14.8. The van der Waals surface area contributed by atoms with Crippen LogP contribution in [0.3, 0.4) is 0 Å². The Morgan fingerprint density at radius 1 is 1.09 bits per heavy atom. The lowest BCUT2D eigenvalue weighted by molar-refractivity contribution is 0.475. The quantitative estimate of drug-likeness (QED) is 0.634. The molecule has 0 aliphatic carbocycles. The number of nitrogens with zero attached hydrogens (tertiary/aromatic N) is 1. The second kappa shape index (κ2) is 6.17. The van der Waals surface area contributed by atoms with E-state index in [0.29, 0.717) is 27.8 Å². The summed E-state index contributed by atoms with van der Waals surface area (Å²) in [5.41, 5.74) is 1.87. The number of benzene rings is 2. The predicted octanol–water partition coefficient (Wildman–Crippen LogP) is 5.60. The second-order valence-corrected chi connectivity index (χ2v) is 6.43. The van der Waals surface area contributed by atoms with Crippen LogP contribution in [0.5, 0.6) is 5.75 Å². The number of hydrogen-bond donors (Lipinski definition) is 1. The van der Waals surface area contributed by atoms with Gasteiger partial charge in [0.15, 0.2) is 0 Å². The van der Waals surface area contributed by atoms with Crippen LogP contribution in [0.25, 0.3) is 21.9 Å². The molecule has 1 heterocycles. The minimum Gasteiger partial charge on any atom is -0.507 e. The summed E-state index contributed by atoms with van der Waals surface area (Å²) in [5, 5.41) is 11.5. The molecule has 0 aliphatic heterocycles.